The van der Waals surface area contributed by atoms with Gasteiger partial charge in [0.15, 0.2) is 18.2 Å². The highest BCUT2D eigenvalue weighted by Crippen LogP contribution is 2.47. The average molecular weight is 1010 g/mol. The van der Waals surface area contributed by atoms with E-state index in [-0.39, 0.29) is 36.5 Å². The number of cyclic esters (lactones) is 1. The van der Waals surface area contributed by atoms with Gasteiger partial charge in [-0.15, -0.1) is 0 Å². The number of quaternary nitrogens is 1. The van der Waals surface area contributed by atoms with Gasteiger partial charge >= 0.3 is 17.9 Å². The highest BCUT2D eigenvalue weighted by Gasteiger charge is 2.58. The second-order valence-corrected chi connectivity index (χ2v) is 23.3. The predicted octanol–water partition coefficient (Wildman–Crippen LogP) is 9.10. The largest absolute Gasteiger partial charge is 0.457 e. The quantitative estimate of drug-likeness (QED) is 0.0860. The van der Waals surface area contributed by atoms with Crippen LogP contribution in [0.2, 0.25) is 0 Å². The van der Waals surface area contributed by atoms with Crippen molar-refractivity contribution in [1.82, 2.24) is 0 Å². The van der Waals surface area contributed by atoms with Crippen LogP contribution in [0, 0.1) is 23.2 Å². The lowest BCUT2D eigenvalue weighted by atomic mass is 9.71. The molecule has 0 amide bonds. The monoisotopic (exact) mass is 1010 g/mol. The summed E-state index contributed by atoms with van der Waals surface area (Å²) in [6.07, 6.45) is -6.84. The van der Waals surface area contributed by atoms with Gasteiger partial charge in [0.2, 0.25) is 12.4 Å². The van der Waals surface area contributed by atoms with Gasteiger partial charge in [-0.1, -0.05) is 70.7 Å². The van der Waals surface area contributed by atoms with E-state index < -0.39 is 102 Å². The summed E-state index contributed by atoms with van der Waals surface area (Å²) in [5.74, 6) is -3.66. The lowest BCUT2D eigenvalue weighted by Crippen LogP contribution is -2.65. The summed E-state index contributed by atoms with van der Waals surface area (Å²) in [4.78, 5) is 42.9. The minimum absolute atomic E-state index is 0.116. The Kier molecular flexibility index (Phi) is 18.1. The van der Waals surface area contributed by atoms with Crippen LogP contribution in [0.1, 0.15) is 129 Å². The number of hydrogen-bond acceptors (Lipinski definition) is 14. The van der Waals surface area contributed by atoms with Crippen molar-refractivity contribution >= 4 is 17.9 Å². The third-order valence-corrected chi connectivity index (χ3v) is 15.9. The Morgan fingerprint density at radius 1 is 0.722 bits per heavy atom. The number of fused-ring (bicyclic) bond motifs is 2. The van der Waals surface area contributed by atoms with Crippen LogP contribution in [0.25, 0.3) is 0 Å². The van der Waals surface area contributed by atoms with Crippen LogP contribution in [0.4, 0.5) is 0 Å². The zero-order valence-corrected chi connectivity index (χ0v) is 46.1. The lowest BCUT2D eigenvalue weighted by molar-refractivity contribution is -0.903. The van der Waals surface area contributed by atoms with Crippen LogP contribution in [0.15, 0.2) is 72.8 Å². The summed E-state index contributed by atoms with van der Waals surface area (Å²) in [6.45, 7) is 27.7. The van der Waals surface area contributed by atoms with Crippen LogP contribution >= 0.6 is 0 Å². The van der Waals surface area contributed by atoms with Gasteiger partial charge in [0.1, 0.15) is 17.7 Å². The SMILES string of the molecule is C=C1C(CC)OC(=O)C(C)(C)C(O[C@H]2C[C@@](C)(OC)[C@@H](OC(=O)c3ccccc3)[C@H](C)O2)[C@H](C)[C@@H](O[C@@H]2O[C@H](C)C[C@H]([N+](C)(C)C)[C@H]2OC(=O)c2ccccc2)[C@](C)(OC)C[C@@H](C)[C@@H]2OC(C)(C)O[C@@H]1[C@H]2C. The number of carbonyl (C=O) groups excluding carboxylic acids is 3. The average Bonchev–Trinajstić information content (AvgIpc) is 3.33. The number of nitrogens with zero attached hydrogens (tertiary/aromatic N) is 1. The number of carbonyl (C=O) groups is 3. The minimum atomic E-state index is -1.42. The van der Waals surface area contributed by atoms with E-state index >= 15 is 4.79 Å². The van der Waals surface area contributed by atoms with E-state index in [1.807, 2.05) is 67.5 Å². The molecule has 4 aliphatic heterocycles. The minimum Gasteiger partial charge on any atom is -0.457 e. The fourth-order valence-electron chi connectivity index (χ4n) is 11.8. The molecule has 2 aromatic carbocycles. The van der Waals surface area contributed by atoms with Crippen molar-refractivity contribution in [2.75, 3.05) is 35.4 Å². The molecule has 4 saturated heterocycles. The standard InChI is InChI=1S/C57H86NO14/c1-19-42-35(4)45-36(5)44(71-55(10,11)72-45)33(2)31-56(12,62-17)48(70-52-46(41(58(14,15)16)30-34(3)64-52)68-50(59)39-26-22-20-23-27-39)37(6)47(54(8,9)53(61)66-42)67-43-32-57(13,63-18)49(38(7)65-43)69-51(60)40-28-24-21-25-29-40/h20-29,33-34,36-38,41-49,52H,4,19,30-32H2,1-3,5-18H3/q+1/t33-,34-,36+,37+,38+,41+,42?,43+,44+,45+,46-,47?,48-,49+,52+,56-,57-/m1/s1. The third kappa shape index (κ3) is 12.5. The number of benzene rings is 2. The summed E-state index contributed by atoms with van der Waals surface area (Å²) in [5, 5.41) is 0. The first-order valence-corrected chi connectivity index (χ1v) is 25.9. The van der Waals surface area contributed by atoms with Gasteiger partial charge in [0.05, 0.1) is 79.9 Å². The van der Waals surface area contributed by atoms with Crippen molar-refractivity contribution in [3.63, 3.8) is 0 Å². The normalized spacial score (nSPS) is 38.7. The lowest BCUT2D eigenvalue weighted by Gasteiger charge is -2.53. The first kappa shape index (κ1) is 57.5. The summed E-state index contributed by atoms with van der Waals surface area (Å²) in [6, 6.07) is 17.4. The van der Waals surface area contributed by atoms with Crippen LogP contribution in [-0.2, 0) is 56.9 Å². The molecular weight excluding hydrogens is 923 g/mol. The zero-order valence-electron chi connectivity index (χ0n) is 46.1. The Morgan fingerprint density at radius 2 is 1.28 bits per heavy atom. The zero-order chi connectivity index (χ0) is 53.3. The number of hydrogen-bond donors (Lipinski definition) is 0. The third-order valence-electron chi connectivity index (χ3n) is 15.9. The van der Waals surface area contributed by atoms with Gasteiger partial charge in [-0.3, -0.25) is 4.79 Å². The highest BCUT2D eigenvalue weighted by atomic mass is 16.7. The highest BCUT2D eigenvalue weighted by molar-refractivity contribution is 5.90. The molecule has 402 valence electrons. The molecule has 2 unspecified atom stereocenters. The Balaban J connectivity index is 1.49. The summed E-state index contributed by atoms with van der Waals surface area (Å²) >= 11 is 0. The molecule has 0 aliphatic carbocycles. The Labute approximate surface area is 429 Å². The maximum Gasteiger partial charge on any atom is 0.338 e. The number of likely N-dealkylation sites (N-methyl/N-ethyl adjacent to an activating group) is 1. The van der Waals surface area contributed by atoms with Gasteiger partial charge in [-0.2, -0.15) is 0 Å². The molecule has 0 radical (unpaired) electrons. The molecule has 4 fully saturated rings. The van der Waals surface area contributed by atoms with Gasteiger partial charge < -0.3 is 56.6 Å². The van der Waals surface area contributed by atoms with E-state index in [4.69, 9.17) is 52.1 Å². The van der Waals surface area contributed by atoms with Crippen molar-refractivity contribution in [3.05, 3.63) is 83.9 Å². The Bertz CT molecular complexity index is 2160. The topological polar surface area (TPSA) is 153 Å². The van der Waals surface area contributed by atoms with Crippen molar-refractivity contribution < 1.29 is 71.0 Å². The molecule has 72 heavy (non-hydrogen) atoms. The molecule has 0 aromatic heterocycles. The molecule has 6 rings (SSSR count). The van der Waals surface area contributed by atoms with Crippen molar-refractivity contribution in [3.8, 4) is 0 Å². The van der Waals surface area contributed by atoms with E-state index in [9.17, 15) is 9.59 Å². The first-order chi connectivity index (χ1) is 33.6. The summed E-state index contributed by atoms with van der Waals surface area (Å²) in [5.41, 5.74) is -2.23. The number of methoxy groups -OCH3 is 2. The van der Waals surface area contributed by atoms with Crippen LogP contribution in [-0.4, -0.2) is 148 Å². The van der Waals surface area contributed by atoms with Crippen molar-refractivity contribution in [1.29, 1.82) is 0 Å². The molecule has 15 heteroatoms. The van der Waals surface area contributed by atoms with Gasteiger partial charge in [0, 0.05) is 38.9 Å². The van der Waals surface area contributed by atoms with E-state index in [1.54, 1.807) is 76.6 Å². The fourth-order valence-corrected chi connectivity index (χ4v) is 11.8. The molecular formula is C57H86NO14+. The second kappa shape index (κ2) is 22.6. The molecule has 15 nitrogen and oxygen atoms in total. The van der Waals surface area contributed by atoms with E-state index in [0.29, 0.717) is 40.4 Å². The molecule has 0 saturated carbocycles. The number of ether oxygens (including phenoxy) is 11. The van der Waals surface area contributed by atoms with E-state index in [2.05, 4.69) is 41.6 Å². The number of esters is 3. The summed E-state index contributed by atoms with van der Waals surface area (Å²) < 4.78 is 74.3. The first-order valence-electron chi connectivity index (χ1n) is 25.9. The van der Waals surface area contributed by atoms with Crippen LogP contribution in [0.3, 0.4) is 0 Å². The fraction of sp³-hybridized carbons (Fsp3) is 0.702. The Morgan fingerprint density at radius 3 is 1.82 bits per heavy atom. The smallest absolute Gasteiger partial charge is 0.338 e. The van der Waals surface area contributed by atoms with Crippen molar-refractivity contribution in [2.45, 2.75) is 199 Å². The van der Waals surface area contributed by atoms with E-state index in [1.165, 1.54) is 0 Å². The van der Waals surface area contributed by atoms with Gasteiger partial charge in [-0.25, -0.2) is 9.59 Å². The molecule has 2 aromatic rings. The molecule has 4 aliphatic rings. The van der Waals surface area contributed by atoms with Gasteiger partial charge in [0.25, 0.3) is 0 Å². The van der Waals surface area contributed by atoms with Gasteiger partial charge in [-0.05, 0) is 104 Å². The van der Waals surface area contributed by atoms with Crippen LogP contribution in [0.5, 0.6) is 0 Å². The molecule has 0 N–H and O–H groups in total. The number of rotatable bonds is 12. The molecule has 4 heterocycles. The van der Waals surface area contributed by atoms with Crippen molar-refractivity contribution in [2.24, 2.45) is 23.2 Å². The maximum absolute atomic E-state index is 15.3. The molecule has 17 atom stereocenters. The van der Waals surface area contributed by atoms with Crippen LogP contribution < -0.4 is 0 Å². The predicted molar refractivity (Wildman–Crippen MR) is 271 cm³/mol. The summed E-state index contributed by atoms with van der Waals surface area (Å²) in [7, 11) is 9.43. The maximum atomic E-state index is 15.3. The molecule has 2 bridgehead atoms. The molecule has 0 spiro atoms. The Hall–Kier alpha value is -3.77. The van der Waals surface area contributed by atoms with E-state index in [0.717, 1.165) is 0 Å². The second-order valence-electron chi connectivity index (χ2n) is 23.3.